The van der Waals surface area contributed by atoms with Crippen molar-refractivity contribution in [3.05, 3.63) is 34.4 Å². The molecule has 0 saturated heterocycles. The number of alkyl halides is 3. The van der Waals surface area contributed by atoms with Gasteiger partial charge in [0, 0.05) is 34.7 Å². The number of hydrogen-bond acceptors (Lipinski definition) is 4. The van der Waals surface area contributed by atoms with E-state index in [1.807, 2.05) is 0 Å². The van der Waals surface area contributed by atoms with Crippen LogP contribution in [0.3, 0.4) is 0 Å². The highest BCUT2D eigenvalue weighted by atomic mass is 79.9. The minimum atomic E-state index is -4.49. The van der Waals surface area contributed by atoms with E-state index < -0.39 is 18.2 Å². The molecule has 0 radical (unpaired) electrons. The predicted molar refractivity (Wildman–Crippen MR) is 83.0 cm³/mol. The van der Waals surface area contributed by atoms with Crippen molar-refractivity contribution >= 4 is 38.6 Å². The minimum absolute atomic E-state index is 0.298. The van der Waals surface area contributed by atoms with Gasteiger partial charge in [-0.15, -0.1) is 11.8 Å². The molecule has 0 aliphatic carbocycles. The number of hydrogen-bond donors (Lipinski definition) is 0. The topological polar surface area (TPSA) is 31.4 Å². The van der Waals surface area contributed by atoms with E-state index in [9.17, 15) is 13.2 Å². The van der Waals surface area contributed by atoms with E-state index in [1.165, 1.54) is 26.0 Å². The maximum Gasteiger partial charge on any atom is 0.433 e. The molecular weight excluding hydrogens is 383 g/mol. The molecule has 0 atom stereocenters. The molecule has 0 amide bonds. The zero-order valence-corrected chi connectivity index (χ0v) is 14.2. The molecule has 0 aliphatic rings. The van der Waals surface area contributed by atoms with Crippen LogP contribution in [0.1, 0.15) is 5.69 Å². The lowest BCUT2D eigenvalue weighted by Crippen LogP contribution is -2.16. The van der Waals surface area contributed by atoms with Crippen LogP contribution in [0.2, 0.25) is 0 Å². The summed E-state index contributed by atoms with van der Waals surface area (Å²) in [6.07, 6.45) is -4.98. The second-order valence-corrected chi connectivity index (χ2v) is 6.35. The Morgan fingerprint density at radius 1 is 1.23 bits per heavy atom. The highest BCUT2D eigenvalue weighted by Crippen LogP contribution is 2.36. The first-order valence-electron chi connectivity index (χ1n) is 6.21. The molecule has 0 N–H and O–H groups in total. The van der Waals surface area contributed by atoms with Crippen LogP contribution in [-0.2, 0) is 15.7 Å². The lowest BCUT2D eigenvalue weighted by atomic mass is 10.2. The van der Waals surface area contributed by atoms with Crippen molar-refractivity contribution in [1.29, 1.82) is 0 Å². The van der Waals surface area contributed by atoms with E-state index in [0.717, 1.165) is 10.5 Å². The number of fused-ring (bicyclic) bond motifs is 1. The van der Waals surface area contributed by atoms with Crippen molar-refractivity contribution in [3.63, 3.8) is 0 Å². The average molecular weight is 396 g/mol. The van der Waals surface area contributed by atoms with Crippen LogP contribution >= 0.6 is 27.7 Å². The van der Waals surface area contributed by atoms with Crippen molar-refractivity contribution < 1.29 is 22.6 Å². The number of aromatic nitrogens is 1. The van der Waals surface area contributed by atoms with Crippen molar-refractivity contribution in [1.82, 2.24) is 4.98 Å². The van der Waals surface area contributed by atoms with Crippen LogP contribution in [0.25, 0.3) is 10.9 Å². The van der Waals surface area contributed by atoms with Crippen LogP contribution in [0, 0.1) is 0 Å². The van der Waals surface area contributed by atoms with Gasteiger partial charge >= 0.3 is 6.18 Å². The fraction of sp³-hybridized carbons (Fsp3) is 0.357. The quantitative estimate of drug-likeness (QED) is 0.541. The third-order valence-electron chi connectivity index (χ3n) is 2.92. The van der Waals surface area contributed by atoms with E-state index in [1.54, 1.807) is 18.2 Å². The molecule has 1 heterocycles. The summed E-state index contributed by atoms with van der Waals surface area (Å²) < 4.78 is 49.8. The molecular formula is C14H13BrF3NO2S. The number of thioether (sulfide) groups is 1. The molecule has 120 valence electrons. The number of ether oxygens (including phenoxy) is 2. The van der Waals surface area contributed by atoms with Gasteiger partial charge in [0.25, 0.3) is 0 Å². The Balaban J connectivity index is 2.46. The normalized spacial score (nSPS) is 12.3. The Hall–Kier alpha value is -0.830. The molecule has 0 saturated carbocycles. The molecule has 0 fully saturated rings. The number of rotatable bonds is 5. The largest absolute Gasteiger partial charge is 0.433 e. The van der Waals surface area contributed by atoms with E-state index in [-0.39, 0.29) is 0 Å². The van der Waals surface area contributed by atoms with E-state index >= 15 is 0 Å². The Labute approximate surface area is 138 Å². The minimum Gasteiger partial charge on any atom is -0.355 e. The van der Waals surface area contributed by atoms with Crippen molar-refractivity contribution in [2.75, 3.05) is 20.0 Å². The van der Waals surface area contributed by atoms with Gasteiger partial charge in [-0.25, -0.2) is 4.98 Å². The van der Waals surface area contributed by atoms with Gasteiger partial charge in [0.2, 0.25) is 0 Å². The van der Waals surface area contributed by atoms with Gasteiger partial charge in [0.15, 0.2) is 6.29 Å². The maximum absolute atomic E-state index is 13.0. The number of benzene rings is 1. The second kappa shape index (κ2) is 7.16. The molecule has 22 heavy (non-hydrogen) atoms. The Morgan fingerprint density at radius 2 is 1.91 bits per heavy atom. The molecule has 8 heteroatoms. The fourth-order valence-electron chi connectivity index (χ4n) is 1.82. The highest BCUT2D eigenvalue weighted by Gasteiger charge is 2.33. The number of halogens is 4. The first-order valence-corrected chi connectivity index (χ1v) is 7.99. The van der Waals surface area contributed by atoms with E-state index in [4.69, 9.17) is 9.47 Å². The molecule has 3 nitrogen and oxygen atoms in total. The monoisotopic (exact) mass is 395 g/mol. The van der Waals surface area contributed by atoms with Crippen LogP contribution in [0.15, 0.2) is 33.6 Å². The zero-order valence-electron chi connectivity index (χ0n) is 11.8. The predicted octanol–water partition coefficient (Wildman–Crippen LogP) is 4.73. The standard InChI is InChI=1S/C14H13BrF3NO2S/c1-20-13(21-2)7-22-11-6-12(14(16,17)18)19-10-4-3-8(15)5-9(10)11/h3-6,13H,7H2,1-2H3. The van der Waals surface area contributed by atoms with Gasteiger partial charge in [-0.05, 0) is 24.3 Å². The molecule has 0 bridgehead atoms. The Bertz CT molecular complexity index is 662. The second-order valence-electron chi connectivity index (χ2n) is 4.38. The Kier molecular flexibility index (Phi) is 5.70. The van der Waals surface area contributed by atoms with Crippen LogP contribution in [0.4, 0.5) is 13.2 Å². The number of nitrogens with zero attached hydrogens (tertiary/aromatic N) is 1. The third kappa shape index (κ3) is 4.13. The first kappa shape index (κ1) is 17.5. The van der Waals surface area contributed by atoms with E-state index in [2.05, 4.69) is 20.9 Å². The molecule has 0 spiro atoms. The van der Waals surface area contributed by atoms with Gasteiger partial charge in [-0.3, -0.25) is 0 Å². The molecule has 0 unspecified atom stereocenters. The Morgan fingerprint density at radius 3 is 2.50 bits per heavy atom. The lowest BCUT2D eigenvalue weighted by Gasteiger charge is -2.15. The van der Waals surface area contributed by atoms with Gasteiger partial charge in [-0.1, -0.05) is 15.9 Å². The van der Waals surface area contributed by atoms with Crippen LogP contribution in [0.5, 0.6) is 0 Å². The first-order chi connectivity index (χ1) is 10.3. The molecule has 1 aromatic heterocycles. The van der Waals surface area contributed by atoms with Crippen molar-refractivity contribution in [3.8, 4) is 0 Å². The van der Waals surface area contributed by atoms with E-state index in [0.29, 0.717) is 21.6 Å². The van der Waals surface area contributed by atoms with Crippen molar-refractivity contribution in [2.24, 2.45) is 0 Å². The fourth-order valence-corrected chi connectivity index (χ4v) is 3.28. The summed E-state index contributed by atoms with van der Waals surface area (Å²) in [5.74, 6) is 0.371. The van der Waals surface area contributed by atoms with Crippen molar-refractivity contribution in [2.45, 2.75) is 17.4 Å². The molecule has 2 aromatic rings. The highest BCUT2D eigenvalue weighted by molar-refractivity contribution is 9.10. The smallest absolute Gasteiger partial charge is 0.355 e. The third-order valence-corrected chi connectivity index (χ3v) is 4.50. The van der Waals surface area contributed by atoms with Crippen LogP contribution < -0.4 is 0 Å². The van der Waals surface area contributed by atoms with Crippen LogP contribution in [-0.4, -0.2) is 31.2 Å². The summed E-state index contributed by atoms with van der Waals surface area (Å²) in [4.78, 5) is 4.18. The number of pyridine rings is 1. The van der Waals surface area contributed by atoms with Gasteiger partial charge in [-0.2, -0.15) is 13.2 Å². The molecule has 2 rings (SSSR count). The van der Waals surface area contributed by atoms with Gasteiger partial charge in [0.1, 0.15) is 5.69 Å². The summed E-state index contributed by atoms with van der Waals surface area (Å²) in [6, 6.07) is 6.03. The lowest BCUT2D eigenvalue weighted by molar-refractivity contribution is -0.141. The SMILES string of the molecule is COC(CSc1cc(C(F)(F)F)nc2ccc(Br)cc12)OC. The van der Waals surface area contributed by atoms with Gasteiger partial charge < -0.3 is 9.47 Å². The summed E-state index contributed by atoms with van der Waals surface area (Å²) in [5.41, 5.74) is -0.608. The average Bonchev–Trinajstić information content (AvgIpc) is 2.47. The summed E-state index contributed by atoms with van der Waals surface area (Å²) in [7, 11) is 2.97. The summed E-state index contributed by atoms with van der Waals surface area (Å²) in [6.45, 7) is 0. The maximum atomic E-state index is 13.0. The summed E-state index contributed by atoms with van der Waals surface area (Å²) in [5, 5.41) is 0.651. The zero-order chi connectivity index (χ0) is 16.3. The molecule has 1 aromatic carbocycles. The van der Waals surface area contributed by atoms with Gasteiger partial charge in [0.05, 0.1) is 5.52 Å². The molecule has 0 aliphatic heterocycles. The number of methoxy groups -OCH3 is 2. The summed E-state index contributed by atoms with van der Waals surface area (Å²) >= 11 is 4.56.